The Morgan fingerprint density at radius 1 is 1.17 bits per heavy atom. The molecule has 2 N–H and O–H groups in total. The second-order valence-electron chi connectivity index (χ2n) is 7.79. The lowest BCUT2D eigenvalue weighted by molar-refractivity contribution is -0.118. The summed E-state index contributed by atoms with van der Waals surface area (Å²) in [6, 6.07) is 5.36. The topological polar surface area (TPSA) is 104 Å². The summed E-state index contributed by atoms with van der Waals surface area (Å²) in [7, 11) is 1.60. The van der Waals surface area contributed by atoms with Gasteiger partial charge in [0.1, 0.15) is 11.9 Å². The van der Waals surface area contributed by atoms with Crippen molar-refractivity contribution in [1.82, 2.24) is 9.88 Å². The summed E-state index contributed by atoms with van der Waals surface area (Å²) < 4.78 is 15.0. The molecule has 0 saturated carbocycles. The molecule has 0 unspecified atom stereocenters. The number of carbonyl (C=O) groups excluding carboxylic acids is 3. The Morgan fingerprint density at radius 3 is 2.34 bits per heavy atom. The summed E-state index contributed by atoms with van der Waals surface area (Å²) in [5.41, 5.74) is 0.678. The highest BCUT2D eigenvalue weighted by molar-refractivity contribution is 6.43. The van der Waals surface area contributed by atoms with Gasteiger partial charge < -0.3 is 15.2 Å². The minimum atomic E-state index is -0.759. The molecule has 2 aromatic rings. The molecule has 8 heteroatoms. The molecule has 1 aromatic heterocycles. The van der Waals surface area contributed by atoms with Crippen LogP contribution in [0.3, 0.4) is 0 Å². The van der Waals surface area contributed by atoms with E-state index >= 15 is 0 Å². The van der Waals surface area contributed by atoms with Crippen molar-refractivity contribution >= 4 is 23.3 Å². The van der Waals surface area contributed by atoms with Crippen molar-refractivity contribution < 1.29 is 18.8 Å². The first-order valence-corrected chi connectivity index (χ1v) is 8.91. The van der Waals surface area contributed by atoms with Crippen LogP contribution in [0.25, 0.3) is 0 Å². The second kappa shape index (κ2) is 7.87. The van der Waals surface area contributed by atoms with Crippen LogP contribution in [0.1, 0.15) is 58.4 Å². The maximum absolute atomic E-state index is 13.5. The van der Waals surface area contributed by atoms with E-state index in [-0.39, 0.29) is 22.5 Å². The van der Waals surface area contributed by atoms with Crippen molar-refractivity contribution in [3.63, 3.8) is 0 Å². The molecule has 1 heterocycles. The molecule has 0 spiro atoms. The Hall–Kier alpha value is -3.47. The number of Topliss-reactive ketones (excluding diaryl/α,β-unsaturated/α-hetero) is 1. The van der Waals surface area contributed by atoms with Crippen LogP contribution in [0.5, 0.6) is 0 Å². The highest BCUT2D eigenvalue weighted by Gasteiger charge is 2.30. The van der Waals surface area contributed by atoms with Crippen LogP contribution in [-0.4, -0.2) is 27.7 Å². The maximum atomic E-state index is 13.5. The average molecular weight is 398 g/mol. The molecule has 0 aliphatic carbocycles. The molecule has 2 amide bonds. The number of carbonyl (C=O) groups is 3. The summed E-state index contributed by atoms with van der Waals surface area (Å²) in [5, 5.41) is 14.2. The Balaban J connectivity index is 2.39. The fourth-order valence-electron chi connectivity index (χ4n) is 3.02. The number of hydrogen-bond donors (Lipinski definition) is 2. The minimum Gasteiger partial charge on any atom is -0.345 e. The number of nitriles is 1. The molecule has 1 aromatic carbocycles. The van der Waals surface area contributed by atoms with Crippen LogP contribution in [0.15, 0.2) is 18.2 Å². The number of ketones is 1. The fraction of sp³-hybridized carbons (Fsp3) is 0.333. The van der Waals surface area contributed by atoms with Gasteiger partial charge in [0.25, 0.3) is 17.6 Å². The molecule has 0 radical (unpaired) electrons. The van der Waals surface area contributed by atoms with E-state index in [1.807, 2.05) is 0 Å². The third kappa shape index (κ3) is 4.51. The van der Waals surface area contributed by atoms with E-state index in [0.717, 1.165) is 6.07 Å². The lowest BCUT2D eigenvalue weighted by Crippen LogP contribution is -2.44. The van der Waals surface area contributed by atoms with Gasteiger partial charge in [-0.15, -0.1) is 0 Å². The number of anilines is 1. The summed E-state index contributed by atoms with van der Waals surface area (Å²) in [6.45, 7) is 8.53. The van der Waals surface area contributed by atoms with Gasteiger partial charge in [-0.1, -0.05) is 0 Å². The molecule has 29 heavy (non-hydrogen) atoms. The van der Waals surface area contributed by atoms with E-state index in [4.69, 9.17) is 5.26 Å². The zero-order valence-corrected chi connectivity index (χ0v) is 17.2. The van der Waals surface area contributed by atoms with Crippen molar-refractivity contribution in [3.05, 3.63) is 52.1 Å². The summed E-state index contributed by atoms with van der Waals surface area (Å²) in [4.78, 5) is 37.8. The number of hydrogen-bond acceptors (Lipinski definition) is 4. The van der Waals surface area contributed by atoms with Crippen LogP contribution in [0.4, 0.5) is 10.1 Å². The van der Waals surface area contributed by atoms with E-state index in [9.17, 15) is 18.8 Å². The molecular formula is C21H23FN4O3. The van der Waals surface area contributed by atoms with Crippen LogP contribution < -0.4 is 10.6 Å². The van der Waals surface area contributed by atoms with Gasteiger partial charge in [0.15, 0.2) is 0 Å². The largest absolute Gasteiger partial charge is 0.345 e. The molecule has 0 aliphatic rings. The second-order valence-corrected chi connectivity index (χ2v) is 7.79. The van der Waals surface area contributed by atoms with Gasteiger partial charge in [-0.2, -0.15) is 5.26 Å². The number of amides is 2. The smallest absolute Gasteiger partial charge is 0.294 e. The van der Waals surface area contributed by atoms with Gasteiger partial charge in [-0.25, -0.2) is 4.39 Å². The molecule has 0 atom stereocenters. The Labute approximate surface area is 168 Å². The first kappa shape index (κ1) is 21.8. The van der Waals surface area contributed by atoms with Gasteiger partial charge in [-0.3, -0.25) is 14.4 Å². The molecule has 152 valence electrons. The Morgan fingerprint density at radius 2 is 1.79 bits per heavy atom. The summed E-state index contributed by atoms with van der Waals surface area (Å²) in [5.74, 6) is -2.71. The minimum absolute atomic E-state index is 0.117. The number of aromatic nitrogens is 1. The molecular weight excluding hydrogens is 375 g/mol. The molecule has 0 fully saturated rings. The van der Waals surface area contributed by atoms with Gasteiger partial charge in [0, 0.05) is 24.0 Å². The van der Waals surface area contributed by atoms with Crippen molar-refractivity contribution in [2.75, 3.05) is 5.32 Å². The molecule has 0 aliphatic heterocycles. The molecule has 7 nitrogen and oxygen atoms in total. The van der Waals surface area contributed by atoms with Crippen molar-refractivity contribution in [2.24, 2.45) is 7.05 Å². The van der Waals surface area contributed by atoms with Gasteiger partial charge in [-0.05, 0) is 58.4 Å². The van der Waals surface area contributed by atoms with Crippen molar-refractivity contribution in [3.8, 4) is 6.07 Å². The zero-order chi connectivity index (χ0) is 22.1. The fourth-order valence-corrected chi connectivity index (χ4v) is 3.02. The predicted octanol–water partition coefficient (Wildman–Crippen LogP) is 3.00. The number of halogens is 1. The molecule has 0 saturated heterocycles. The van der Waals surface area contributed by atoms with E-state index in [1.165, 1.54) is 16.7 Å². The van der Waals surface area contributed by atoms with Crippen molar-refractivity contribution in [1.29, 1.82) is 5.26 Å². The maximum Gasteiger partial charge on any atom is 0.294 e. The lowest BCUT2D eigenvalue weighted by Gasteiger charge is -2.20. The van der Waals surface area contributed by atoms with E-state index in [1.54, 1.807) is 47.7 Å². The average Bonchev–Trinajstić information content (AvgIpc) is 2.83. The van der Waals surface area contributed by atoms with Gasteiger partial charge in [0.2, 0.25) is 0 Å². The normalized spacial score (nSPS) is 11.0. The SMILES string of the molecule is Cc1c(C(=O)Nc2ccc(F)c(C#N)c2)c(C)n(C)c1C(=O)C(=O)NC(C)(C)C. The van der Waals surface area contributed by atoms with E-state index < -0.39 is 29.0 Å². The zero-order valence-electron chi connectivity index (χ0n) is 17.2. The number of nitrogens with one attached hydrogen (secondary N) is 2. The number of rotatable bonds is 4. The Bertz CT molecular complexity index is 1060. The number of nitrogens with zero attached hydrogens (tertiary/aromatic N) is 2. The highest BCUT2D eigenvalue weighted by atomic mass is 19.1. The monoisotopic (exact) mass is 398 g/mol. The molecule has 2 rings (SSSR count). The van der Waals surface area contributed by atoms with Gasteiger partial charge in [0.05, 0.1) is 16.8 Å². The Kier molecular flexibility index (Phi) is 5.93. The van der Waals surface area contributed by atoms with Crippen LogP contribution in [0, 0.1) is 31.0 Å². The van der Waals surface area contributed by atoms with Crippen molar-refractivity contribution in [2.45, 2.75) is 40.2 Å². The first-order chi connectivity index (χ1) is 13.4. The van der Waals surface area contributed by atoms with Crippen LogP contribution >= 0.6 is 0 Å². The standard InChI is InChI=1S/C21H23FN4O3/c1-11-16(19(28)24-14-7-8-15(22)13(9-14)10-23)12(2)26(6)17(11)18(27)20(29)25-21(3,4)5/h7-9H,1-6H3,(H,24,28)(H,25,29). The molecule has 0 bridgehead atoms. The quantitative estimate of drug-likeness (QED) is 0.610. The first-order valence-electron chi connectivity index (χ1n) is 8.91. The highest BCUT2D eigenvalue weighted by Crippen LogP contribution is 2.24. The van der Waals surface area contributed by atoms with Crippen LogP contribution in [-0.2, 0) is 11.8 Å². The summed E-state index contributed by atoms with van der Waals surface area (Å²) >= 11 is 0. The van der Waals surface area contributed by atoms with E-state index in [2.05, 4.69) is 10.6 Å². The van der Waals surface area contributed by atoms with Crippen LogP contribution in [0.2, 0.25) is 0 Å². The summed E-state index contributed by atoms with van der Waals surface area (Å²) in [6.07, 6.45) is 0. The lowest BCUT2D eigenvalue weighted by atomic mass is 10.1. The van der Waals surface area contributed by atoms with Gasteiger partial charge >= 0.3 is 0 Å². The third-order valence-corrected chi connectivity index (χ3v) is 4.41. The number of benzene rings is 1. The third-order valence-electron chi connectivity index (χ3n) is 4.41. The predicted molar refractivity (Wildman–Crippen MR) is 106 cm³/mol. The van der Waals surface area contributed by atoms with E-state index in [0.29, 0.717) is 11.3 Å².